The number of benzene rings is 1. The Morgan fingerprint density at radius 2 is 1.82 bits per heavy atom. The van der Waals surface area contributed by atoms with E-state index in [9.17, 15) is 5.11 Å². The summed E-state index contributed by atoms with van der Waals surface area (Å²) in [5.74, 6) is 1.25. The summed E-state index contributed by atoms with van der Waals surface area (Å²) in [7, 11) is 0. The fraction of sp³-hybridized carbons (Fsp3) is 0.357. The van der Waals surface area contributed by atoms with Gasteiger partial charge in [0.1, 0.15) is 17.1 Å². The SMILES string of the molecule is Oc1cccc2ccc(N3CCCCC3)nc12. The highest BCUT2D eigenvalue weighted by molar-refractivity contribution is 5.85. The number of pyridine rings is 1. The normalized spacial score (nSPS) is 16.4. The number of aromatic hydroxyl groups is 1. The lowest BCUT2D eigenvalue weighted by Crippen LogP contribution is -2.30. The Hall–Kier alpha value is -1.77. The first-order chi connectivity index (χ1) is 8.34. The Balaban J connectivity index is 2.03. The van der Waals surface area contributed by atoms with E-state index in [1.807, 2.05) is 24.3 Å². The number of phenols is 1. The van der Waals surface area contributed by atoms with Crippen LogP contribution in [-0.4, -0.2) is 23.2 Å². The molecule has 0 radical (unpaired) electrons. The van der Waals surface area contributed by atoms with Crippen molar-refractivity contribution in [1.82, 2.24) is 4.98 Å². The van der Waals surface area contributed by atoms with Crippen molar-refractivity contribution in [1.29, 1.82) is 0 Å². The summed E-state index contributed by atoms with van der Waals surface area (Å²) in [5.41, 5.74) is 0.704. The molecule has 0 unspecified atom stereocenters. The maximum Gasteiger partial charge on any atom is 0.141 e. The van der Waals surface area contributed by atoms with Crippen molar-refractivity contribution in [2.24, 2.45) is 0 Å². The minimum Gasteiger partial charge on any atom is -0.506 e. The van der Waals surface area contributed by atoms with E-state index in [-0.39, 0.29) is 5.75 Å². The highest BCUT2D eigenvalue weighted by Crippen LogP contribution is 2.26. The van der Waals surface area contributed by atoms with Crippen LogP contribution in [0.3, 0.4) is 0 Å². The van der Waals surface area contributed by atoms with Gasteiger partial charge < -0.3 is 10.0 Å². The molecule has 0 saturated carbocycles. The Bertz CT molecular complexity index is 533. The second-order valence-electron chi connectivity index (χ2n) is 4.57. The Kier molecular flexibility index (Phi) is 2.59. The lowest BCUT2D eigenvalue weighted by molar-refractivity contribution is 0.480. The predicted molar refractivity (Wildman–Crippen MR) is 69.5 cm³/mol. The van der Waals surface area contributed by atoms with Crippen LogP contribution in [0.4, 0.5) is 5.82 Å². The molecule has 0 aliphatic carbocycles. The quantitative estimate of drug-likeness (QED) is 0.815. The first-order valence-electron chi connectivity index (χ1n) is 6.18. The van der Waals surface area contributed by atoms with E-state index in [2.05, 4.69) is 9.88 Å². The summed E-state index contributed by atoms with van der Waals surface area (Å²) < 4.78 is 0. The summed E-state index contributed by atoms with van der Waals surface area (Å²) in [6, 6.07) is 9.59. The van der Waals surface area contributed by atoms with Crippen molar-refractivity contribution in [3.8, 4) is 5.75 Å². The first kappa shape index (κ1) is 10.4. The second-order valence-corrected chi connectivity index (χ2v) is 4.57. The van der Waals surface area contributed by atoms with Crippen LogP contribution in [0.2, 0.25) is 0 Å². The number of piperidine rings is 1. The smallest absolute Gasteiger partial charge is 0.141 e. The summed E-state index contributed by atoms with van der Waals surface area (Å²) in [6.07, 6.45) is 3.79. The molecule has 2 aromatic rings. The van der Waals surface area contributed by atoms with E-state index in [4.69, 9.17) is 0 Å². The monoisotopic (exact) mass is 228 g/mol. The first-order valence-corrected chi connectivity index (χ1v) is 6.18. The molecule has 0 atom stereocenters. The number of para-hydroxylation sites is 1. The van der Waals surface area contributed by atoms with Crippen molar-refractivity contribution < 1.29 is 5.11 Å². The van der Waals surface area contributed by atoms with Gasteiger partial charge in [-0.15, -0.1) is 0 Å². The lowest BCUT2D eigenvalue weighted by atomic mass is 10.1. The third-order valence-corrected chi connectivity index (χ3v) is 3.36. The van der Waals surface area contributed by atoms with Crippen molar-refractivity contribution in [2.45, 2.75) is 19.3 Å². The molecule has 1 fully saturated rings. The van der Waals surface area contributed by atoms with Gasteiger partial charge in [-0.1, -0.05) is 12.1 Å². The summed E-state index contributed by atoms with van der Waals surface area (Å²) in [6.45, 7) is 2.15. The van der Waals surface area contributed by atoms with Gasteiger partial charge in [-0.3, -0.25) is 0 Å². The average molecular weight is 228 g/mol. The molecule has 1 N–H and O–H groups in total. The molecule has 3 nitrogen and oxygen atoms in total. The van der Waals surface area contributed by atoms with Gasteiger partial charge in [0.05, 0.1) is 0 Å². The summed E-state index contributed by atoms with van der Waals surface area (Å²) in [4.78, 5) is 6.88. The van der Waals surface area contributed by atoms with Crippen LogP contribution in [0.1, 0.15) is 19.3 Å². The maximum absolute atomic E-state index is 9.81. The van der Waals surface area contributed by atoms with Gasteiger partial charge in [0, 0.05) is 18.5 Å². The van der Waals surface area contributed by atoms with Gasteiger partial charge in [-0.25, -0.2) is 4.98 Å². The topological polar surface area (TPSA) is 36.4 Å². The lowest BCUT2D eigenvalue weighted by Gasteiger charge is -2.27. The van der Waals surface area contributed by atoms with E-state index >= 15 is 0 Å². The fourth-order valence-electron chi connectivity index (χ4n) is 2.42. The fourth-order valence-corrected chi connectivity index (χ4v) is 2.42. The van der Waals surface area contributed by atoms with E-state index < -0.39 is 0 Å². The zero-order chi connectivity index (χ0) is 11.7. The van der Waals surface area contributed by atoms with Crippen LogP contribution in [0, 0.1) is 0 Å². The average Bonchev–Trinajstić information content (AvgIpc) is 2.40. The van der Waals surface area contributed by atoms with Crippen LogP contribution in [0.15, 0.2) is 30.3 Å². The second kappa shape index (κ2) is 4.24. The maximum atomic E-state index is 9.81. The molecule has 3 rings (SSSR count). The van der Waals surface area contributed by atoms with E-state index in [0.717, 1.165) is 24.3 Å². The highest BCUT2D eigenvalue weighted by atomic mass is 16.3. The number of hydrogen-bond acceptors (Lipinski definition) is 3. The van der Waals surface area contributed by atoms with Gasteiger partial charge in [-0.05, 0) is 37.5 Å². The zero-order valence-corrected chi connectivity index (χ0v) is 9.76. The Labute approximate surface area is 101 Å². The van der Waals surface area contributed by atoms with Crippen LogP contribution in [-0.2, 0) is 0 Å². The van der Waals surface area contributed by atoms with Crippen molar-refractivity contribution in [3.63, 3.8) is 0 Å². The molecule has 1 saturated heterocycles. The molecule has 1 aliphatic heterocycles. The molecule has 3 heteroatoms. The number of nitrogens with zero attached hydrogens (tertiary/aromatic N) is 2. The number of hydrogen-bond donors (Lipinski definition) is 1. The zero-order valence-electron chi connectivity index (χ0n) is 9.76. The molecule has 2 heterocycles. The number of aromatic nitrogens is 1. The largest absolute Gasteiger partial charge is 0.506 e. The van der Waals surface area contributed by atoms with E-state index in [0.29, 0.717) is 5.52 Å². The van der Waals surface area contributed by atoms with Gasteiger partial charge in [-0.2, -0.15) is 0 Å². The summed E-state index contributed by atoms with van der Waals surface area (Å²) in [5, 5.41) is 10.8. The van der Waals surface area contributed by atoms with Crippen LogP contribution < -0.4 is 4.90 Å². The van der Waals surface area contributed by atoms with Gasteiger partial charge >= 0.3 is 0 Å². The van der Waals surface area contributed by atoms with Crippen LogP contribution in [0.25, 0.3) is 10.9 Å². The van der Waals surface area contributed by atoms with Gasteiger partial charge in [0.25, 0.3) is 0 Å². The molecule has 0 bridgehead atoms. The molecular weight excluding hydrogens is 212 g/mol. The Morgan fingerprint density at radius 1 is 1.00 bits per heavy atom. The van der Waals surface area contributed by atoms with Crippen molar-refractivity contribution in [3.05, 3.63) is 30.3 Å². The van der Waals surface area contributed by atoms with Gasteiger partial charge in [0.2, 0.25) is 0 Å². The minimum atomic E-state index is 0.265. The molecule has 0 amide bonds. The van der Waals surface area contributed by atoms with Crippen molar-refractivity contribution >= 4 is 16.7 Å². The van der Waals surface area contributed by atoms with Crippen LogP contribution >= 0.6 is 0 Å². The molecule has 17 heavy (non-hydrogen) atoms. The number of rotatable bonds is 1. The molecule has 1 aromatic heterocycles. The minimum absolute atomic E-state index is 0.265. The molecule has 1 aromatic carbocycles. The molecule has 88 valence electrons. The third kappa shape index (κ3) is 1.93. The number of fused-ring (bicyclic) bond motifs is 1. The Morgan fingerprint density at radius 3 is 2.65 bits per heavy atom. The molecular formula is C14H16N2O. The van der Waals surface area contributed by atoms with E-state index in [1.54, 1.807) is 6.07 Å². The van der Waals surface area contributed by atoms with E-state index in [1.165, 1.54) is 19.3 Å². The third-order valence-electron chi connectivity index (χ3n) is 3.36. The molecule has 0 spiro atoms. The predicted octanol–water partition coefficient (Wildman–Crippen LogP) is 2.93. The number of phenolic OH excluding ortho intramolecular Hbond substituents is 1. The molecule has 1 aliphatic rings. The van der Waals surface area contributed by atoms with Crippen molar-refractivity contribution in [2.75, 3.05) is 18.0 Å². The van der Waals surface area contributed by atoms with Crippen LogP contribution in [0.5, 0.6) is 5.75 Å². The number of anilines is 1. The highest BCUT2D eigenvalue weighted by Gasteiger charge is 2.12. The van der Waals surface area contributed by atoms with Gasteiger partial charge in [0.15, 0.2) is 0 Å². The summed E-state index contributed by atoms with van der Waals surface area (Å²) >= 11 is 0. The standard InChI is InChI=1S/C14H16N2O/c17-12-6-4-5-11-7-8-13(15-14(11)12)16-9-2-1-3-10-16/h4-8,17H,1-3,9-10H2.